The molecule has 0 saturated carbocycles. The number of alkyl halides is 3. The zero-order valence-corrected chi connectivity index (χ0v) is 18.6. The minimum absolute atomic E-state index is 0.183. The van der Waals surface area contributed by atoms with E-state index in [2.05, 4.69) is 45.9 Å². The largest absolute Gasteiger partial charge is 0.452 e. The first-order valence-electron chi connectivity index (χ1n) is 11.2. The van der Waals surface area contributed by atoms with E-state index in [1.165, 1.54) is 38.0 Å². The SMILES string of the molecule is Cc1nc(C(=O)Nc2c[nH]nc2-c2nc3c([nH]2)CCC(CN2CCCCC2)=C3)c(C(F)(F)F)o1. The Labute approximate surface area is 192 Å². The molecule has 0 bridgehead atoms. The van der Waals surface area contributed by atoms with Crippen molar-refractivity contribution in [2.45, 2.75) is 45.2 Å². The van der Waals surface area contributed by atoms with Gasteiger partial charge in [-0.2, -0.15) is 18.3 Å². The average Bonchev–Trinajstić information content (AvgIpc) is 3.51. The van der Waals surface area contributed by atoms with Gasteiger partial charge < -0.3 is 14.7 Å². The predicted molar refractivity (Wildman–Crippen MR) is 117 cm³/mol. The van der Waals surface area contributed by atoms with Gasteiger partial charge in [0, 0.05) is 25.4 Å². The molecule has 9 nitrogen and oxygen atoms in total. The normalized spacial score (nSPS) is 16.9. The second-order valence-corrected chi connectivity index (χ2v) is 8.60. The molecule has 1 aliphatic heterocycles. The van der Waals surface area contributed by atoms with Gasteiger partial charge in [0.1, 0.15) is 0 Å². The van der Waals surface area contributed by atoms with Crippen LogP contribution in [0.2, 0.25) is 0 Å². The molecule has 34 heavy (non-hydrogen) atoms. The minimum Gasteiger partial charge on any atom is -0.436 e. The van der Waals surface area contributed by atoms with Crippen LogP contribution in [-0.2, 0) is 12.6 Å². The number of nitrogens with one attached hydrogen (secondary N) is 3. The summed E-state index contributed by atoms with van der Waals surface area (Å²) in [5, 5.41) is 9.21. The van der Waals surface area contributed by atoms with Crippen molar-refractivity contribution in [3.63, 3.8) is 0 Å². The topological polar surface area (TPSA) is 116 Å². The number of carbonyl (C=O) groups is 1. The second kappa shape index (κ2) is 8.75. The van der Waals surface area contributed by atoms with Crippen LogP contribution in [0.1, 0.15) is 59.2 Å². The van der Waals surface area contributed by atoms with Gasteiger partial charge in [0.2, 0.25) is 5.76 Å². The maximum absolute atomic E-state index is 13.2. The number of aryl methyl sites for hydroxylation is 2. The molecular weight excluding hydrogens is 451 g/mol. The zero-order chi connectivity index (χ0) is 23.9. The van der Waals surface area contributed by atoms with E-state index < -0.39 is 23.5 Å². The highest BCUT2D eigenvalue weighted by molar-refractivity contribution is 6.05. The van der Waals surface area contributed by atoms with Crippen LogP contribution in [0.25, 0.3) is 17.6 Å². The van der Waals surface area contributed by atoms with Crippen molar-refractivity contribution in [3.8, 4) is 11.5 Å². The molecule has 1 aliphatic carbocycles. The summed E-state index contributed by atoms with van der Waals surface area (Å²) in [5.74, 6) is -2.32. The molecule has 3 aromatic heterocycles. The number of halogens is 3. The van der Waals surface area contributed by atoms with Crippen LogP contribution in [0.5, 0.6) is 0 Å². The molecule has 12 heteroatoms. The Morgan fingerprint density at radius 2 is 2.00 bits per heavy atom. The molecule has 3 N–H and O–H groups in total. The molecule has 0 aromatic carbocycles. The number of H-pyrrole nitrogens is 2. The molecule has 1 fully saturated rings. The van der Waals surface area contributed by atoms with E-state index >= 15 is 0 Å². The van der Waals surface area contributed by atoms with Crippen LogP contribution in [0, 0.1) is 6.92 Å². The molecule has 3 aromatic rings. The van der Waals surface area contributed by atoms with Crippen molar-refractivity contribution in [3.05, 3.63) is 40.5 Å². The summed E-state index contributed by atoms with van der Waals surface area (Å²) in [7, 11) is 0. The number of fused-ring (bicyclic) bond motifs is 1. The number of hydrogen-bond donors (Lipinski definition) is 3. The summed E-state index contributed by atoms with van der Waals surface area (Å²) < 4.78 is 44.2. The zero-order valence-electron chi connectivity index (χ0n) is 18.6. The summed E-state index contributed by atoms with van der Waals surface area (Å²) in [6, 6.07) is 0. The molecule has 5 rings (SSSR count). The third-order valence-corrected chi connectivity index (χ3v) is 6.04. The average molecular weight is 475 g/mol. The number of imidazole rings is 1. The number of aromatic nitrogens is 5. The van der Waals surface area contributed by atoms with Crippen molar-refractivity contribution in [1.29, 1.82) is 0 Å². The number of carbonyl (C=O) groups excluding carboxylic acids is 1. The number of anilines is 1. The quantitative estimate of drug-likeness (QED) is 0.510. The Morgan fingerprint density at radius 3 is 2.76 bits per heavy atom. The fourth-order valence-corrected chi connectivity index (χ4v) is 4.45. The molecular formula is C22H24F3N7O2. The summed E-state index contributed by atoms with van der Waals surface area (Å²) >= 11 is 0. The highest BCUT2D eigenvalue weighted by Crippen LogP contribution is 2.34. The van der Waals surface area contributed by atoms with E-state index in [1.54, 1.807) is 0 Å². The molecule has 0 radical (unpaired) electrons. The third kappa shape index (κ3) is 4.49. The van der Waals surface area contributed by atoms with Crippen LogP contribution in [0.4, 0.5) is 18.9 Å². The third-order valence-electron chi connectivity index (χ3n) is 6.04. The maximum Gasteiger partial charge on any atom is 0.452 e. The van der Waals surface area contributed by atoms with E-state index in [-0.39, 0.29) is 11.6 Å². The van der Waals surface area contributed by atoms with Crippen LogP contribution >= 0.6 is 0 Å². The fourth-order valence-electron chi connectivity index (χ4n) is 4.45. The number of oxazole rings is 1. The smallest absolute Gasteiger partial charge is 0.436 e. The Morgan fingerprint density at radius 1 is 1.21 bits per heavy atom. The lowest BCUT2D eigenvalue weighted by Gasteiger charge is -2.28. The molecule has 4 heterocycles. The Hall–Kier alpha value is -3.41. The first kappa shape index (κ1) is 22.4. The highest BCUT2D eigenvalue weighted by Gasteiger charge is 2.41. The van der Waals surface area contributed by atoms with E-state index in [9.17, 15) is 18.0 Å². The number of nitrogens with zero attached hydrogens (tertiary/aromatic N) is 4. The number of rotatable bonds is 5. The summed E-state index contributed by atoms with van der Waals surface area (Å²) in [4.78, 5) is 26.5. The fraction of sp³-hybridized carbons (Fsp3) is 0.455. The van der Waals surface area contributed by atoms with Gasteiger partial charge in [0.15, 0.2) is 23.1 Å². The van der Waals surface area contributed by atoms with Gasteiger partial charge in [-0.3, -0.25) is 14.8 Å². The first-order valence-corrected chi connectivity index (χ1v) is 11.2. The van der Waals surface area contributed by atoms with Crippen molar-refractivity contribution in [1.82, 2.24) is 30.0 Å². The molecule has 1 saturated heterocycles. The van der Waals surface area contributed by atoms with Crippen molar-refractivity contribution >= 4 is 17.7 Å². The Bertz CT molecular complexity index is 1230. The number of likely N-dealkylation sites (tertiary alicyclic amines) is 1. The summed E-state index contributed by atoms with van der Waals surface area (Å²) in [6.07, 6.45) is 4.12. The summed E-state index contributed by atoms with van der Waals surface area (Å²) in [5.41, 5.74) is 2.75. The molecule has 0 atom stereocenters. The van der Waals surface area contributed by atoms with Crippen molar-refractivity contribution in [2.75, 3.05) is 25.0 Å². The van der Waals surface area contributed by atoms with Crippen LogP contribution in [0.15, 0.2) is 16.2 Å². The number of aromatic amines is 2. The number of hydrogen-bond acceptors (Lipinski definition) is 6. The van der Waals surface area contributed by atoms with Gasteiger partial charge >= 0.3 is 6.18 Å². The number of amides is 1. The maximum atomic E-state index is 13.2. The minimum atomic E-state index is -4.84. The Balaban J connectivity index is 1.35. The molecule has 0 spiro atoms. The van der Waals surface area contributed by atoms with E-state index in [0.29, 0.717) is 11.5 Å². The van der Waals surface area contributed by atoms with Gasteiger partial charge in [-0.1, -0.05) is 12.0 Å². The van der Waals surface area contributed by atoms with Crippen molar-refractivity contribution in [2.24, 2.45) is 0 Å². The van der Waals surface area contributed by atoms with Crippen LogP contribution in [0.3, 0.4) is 0 Å². The number of piperidine rings is 1. The van der Waals surface area contributed by atoms with Crippen molar-refractivity contribution < 1.29 is 22.4 Å². The second-order valence-electron chi connectivity index (χ2n) is 8.60. The van der Waals surface area contributed by atoms with Gasteiger partial charge in [0.25, 0.3) is 5.91 Å². The van der Waals surface area contributed by atoms with Gasteiger partial charge in [-0.25, -0.2) is 9.97 Å². The lowest BCUT2D eigenvalue weighted by Crippen LogP contribution is -2.31. The van der Waals surface area contributed by atoms with E-state index in [4.69, 9.17) is 0 Å². The Kier molecular flexibility index (Phi) is 5.76. The standard InChI is InChI=1S/C22H24F3N7O2/c1-12-27-18(19(34-12)22(23,24)25)21(33)30-16-10-26-31-17(16)20-28-14-6-5-13(9-15(14)29-20)11-32-7-3-2-4-8-32/h9-10H,2-8,11H2,1H3,(H,26,31)(H,28,29)(H,30,33). The highest BCUT2D eigenvalue weighted by atomic mass is 19.4. The van der Waals surface area contributed by atoms with E-state index in [0.717, 1.165) is 43.9 Å². The van der Waals surface area contributed by atoms with Gasteiger partial charge in [-0.15, -0.1) is 0 Å². The van der Waals surface area contributed by atoms with Gasteiger partial charge in [0.05, 0.1) is 11.4 Å². The van der Waals surface area contributed by atoms with E-state index in [1.807, 2.05) is 0 Å². The lowest BCUT2D eigenvalue weighted by atomic mass is 9.99. The van der Waals surface area contributed by atoms with Crippen LogP contribution in [-0.4, -0.2) is 55.6 Å². The first-order chi connectivity index (χ1) is 16.3. The predicted octanol–water partition coefficient (Wildman–Crippen LogP) is 4.18. The van der Waals surface area contributed by atoms with Crippen LogP contribution < -0.4 is 5.32 Å². The monoisotopic (exact) mass is 475 g/mol. The van der Waals surface area contributed by atoms with Gasteiger partial charge in [-0.05, 0) is 44.8 Å². The molecule has 0 unspecified atom stereocenters. The molecule has 2 aliphatic rings. The lowest BCUT2D eigenvalue weighted by molar-refractivity contribution is -0.153. The molecule has 180 valence electrons. The molecule has 1 amide bonds. The summed E-state index contributed by atoms with van der Waals surface area (Å²) in [6.45, 7) is 4.42.